The van der Waals surface area contributed by atoms with E-state index < -0.39 is 10.0 Å². The van der Waals surface area contributed by atoms with Crippen LogP contribution in [0.5, 0.6) is 0 Å². The van der Waals surface area contributed by atoms with Gasteiger partial charge in [-0.1, -0.05) is 18.2 Å². The standard InChI is InChI=1S/C9H10N2O2S2/c12-15(13,8-4-2-1-3-5-8)11-7-6-10-9(11)14/h1-5H,6-7H2,(H,10,14). The maximum atomic E-state index is 12.0. The minimum atomic E-state index is -3.46. The van der Waals surface area contributed by atoms with Gasteiger partial charge in [-0.25, -0.2) is 12.7 Å². The lowest BCUT2D eigenvalue weighted by atomic mass is 10.4. The van der Waals surface area contributed by atoms with E-state index in [0.717, 1.165) is 0 Å². The Morgan fingerprint density at radius 2 is 1.93 bits per heavy atom. The molecule has 80 valence electrons. The summed E-state index contributed by atoms with van der Waals surface area (Å²) in [4.78, 5) is 0.274. The number of thiocarbonyl (C=S) groups is 1. The fourth-order valence-electron chi connectivity index (χ4n) is 1.40. The third kappa shape index (κ3) is 1.82. The molecule has 1 aromatic carbocycles. The summed E-state index contributed by atoms with van der Waals surface area (Å²) < 4.78 is 25.3. The second-order valence-electron chi connectivity index (χ2n) is 3.12. The summed E-state index contributed by atoms with van der Waals surface area (Å²) >= 11 is 4.92. The Balaban J connectivity index is 2.40. The lowest BCUT2D eigenvalue weighted by molar-refractivity contribution is 0.542. The van der Waals surface area contributed by atoms with Crippen LogP contribution in [0.15, 0.2) is 35.2 Å². The molecule has 2 rings (SSSR count). The molecule has 0 atom stereocenters. The van der Waals surface area contributed by atoms with Crippen molar-refractivity contribution in [1.29, 1.82) is 0 Å². The monoisotopic (exact) mass is 242 g/mol. The van der Waals surface area contributed by atoms with Gasteiger partial charge in [0.25, 0.3) is 10.0 Å². The number of hydrogen-bond acceptors (Lipinski definition) is 3. The van der Waals surface area contributed by atoms with Crippen molar-refractivity contribution in [2.45, 2.75) is 4.90 Å². The van der Waals surface area contributed by atoms with Crippen molar-refractivity contribution in [1.82, 2.24) is 9.62 Å². The smallest absolute Gasteiger partial charge is 0.266 e. The molecular weight excluding hydrogens is 232 g/mol. The molecule has 0 bridgehead atoms. The number of hydrogen-bond donors (Lipinski definition) is 1. The first-order chi connectivity index (χ1) is 7.12. The van der Waals surface area contributed by atoms with E-state index in [2.05, 4.69) is 5.32 Å². The van der Waals surface area contributed by atoms with Crippen LogP contribution in [-0.4, -0.2) is 30.9 Å². The van der Waals surface area contributed by atoms with Crippen molar-refractivity contribution in [3.05, 3.63) is 30.3 Å². The van der Waals surface area contributed by atoms with Crippen LogP contribution in [0, 0.1) is 0 Å². The molecule has 0 spiro atoms. The Bertz CT molecular complexity index is 470. The first kappa shape index (κ1) is 10.4. The number of rotatable bonds is 2. The van der Waals surface area contributed by atoms with E-state index in [1.807, 2.05) is 0 Å². The number of nitrogens with one attached hydrogen (secondary N) is 1. The highest BCUT2D eigenvalue weighted by molar-refractivity contribution is 7.91. The number of nitrogens with zero attached hydrogens (tertiary/aromatic N) is 1. The van der Waals surface area contributed by atoms with Gasteiger partial charge in [-0.15, -0.1) is 0 Å². The second kappa shape index (κ2) is 3.79. The van der Waals surface area contributed by atoms with E-state index in [1.54, 1.807) is 30.3 Å². The minimum absolute atomic E-state index is 0.274. The quantitative estimate of drug-likeness (QED) is 0.770. The third-order valence-corrected chi connectivity index (χ3v) is 4.44. The van der Waals surface area contributed by atoms with Crippen LogP contribution in [0.2, 0.25) is 0 Å². The molecule has 1 heterocycles. The zero-order valence-electron chi connectivity index (χ0n) is 7.88. The first-order valence-electron chi connectivity index (χ1n) is 4.48. The van der Waals surface area contributed by atoms with Crippen LogP contribution in [0.1, 0.15) is 0 Å². The molecule has 1 saturated heterocycles. The summed E-state index contributed by atoms with van der Waals surface area (Å²) in [5, 5.41) is 3.10. The fourth-order valence-corrected chi connectivity index (χ4v) is 3.26. The SMILES string of the molecule is O=S(=O)(c1ccccc1)N1CCNC1=S. The number of benzene rings is 1. The van der Waals surface area contributed by atoms with Crippen molar-refractivity contribution in [2.75, 3.05) is 13.1 Å². The Kier molecular flexibility index (Phi) is 2.62. The first-order valence-corrected chi connectivity index (χ1v) is 6.33. The second-order valence-corrected chi connectivity index (χ2v) is 5.37. The highest BCUT2D eigenvalue weighted by Gasteiger charge is 2.29. The molecule has 15 heavy (non-hydrogen) atoms. The van der Waals surface area contributed by atoms with Crippen molar-refractivity contribution >= 4 is 27.4 Å². The zero-order valence-corrected chi connectivity index (χ0v) is 9.51. The molecular formula is C9H10N2O2S2. The summed E-state index contributed by atoms with van der Waals surface area (Å²) in [5.41, 5.74) is 0. The zero-order chi connectivity index (χ0) is 10.9. The molecule has 0 aromatic heterocycles. The van der Waals surface area contributed by atoms with E-state index in [1.165, 1.54) is 4.31 Å². The van der Waals surface area contributed by atoms with Gasteiger partial charge in [0.1, 0.15) is 0 Å². The summed E-state index contributed by atoms with van der Waals surface area (Å²) in [6.07, 6.45) is 0. The topological polar surface area (TPSA) is 49.4 Å². The molecule has 0 unspecified atom stereocenters. The Hall–Kier alpha value is -1.14. The molecule has 6 heteroatoms. The van der Waals surface area contributed by atoms with Gasteiger partial charge < -0.3 is 5.32 Å². The van der Waals surface area contributed by atoms with Gasteiger partial charge in [0.2, 0.25) is 0 Å². The molecule has 0 saturated carbocycles. The van der Waals surface area contributed by atoms with Crippen LogP contribution >= 0.6 is 12.2 Å². The lowest BCUT2D eigenvalue weighted by Gasteiger charge is -2.16. The lowest BCUT2D eigenvalue weighted by Crippen LogP contribution is -2.33. The Morgan fingerprint density at radius 1 is 1.27 bits per heavy atom. The summed E-state index contributed by atoms with van der Waals surface area (Å²) in [7, 11) is -3.46. The van der Waals surface area contributed by atoms with Crippen molar-refractivity contribution in [3.8, 4) is 0 Å². The average Bonchev–Trinajstić information content (AvgIpc) is 2.66. The summed E-state index contributed by atoms with van der Waals surface area (Å²) in [6.45, 7) is 0.973. The molecule has 0 amide bonds. The van der Waals surface area contributed by atoms with Gasteiger partial charge in [-0.05, 0) is 24.4 Å². The molecule has 1 aliphatic heterocycles. The molecule has 1 N–H and O–H groups in total. The minimum Gasteiger partial charge on any atom is -0.360 e. The van der Waals surface area contributed by atoms with Gasteiger partial charge in [-0.3, -0.25) is 0 Å². The Labute approximate surface area is 93.9 Å². The Morgan fingerprint density at radius 3 is 2.47 bits per heavy atom. The maximum Gasteiger partial charge on any atom is 0.266 e. The largest absolute Gasteiger partial charge is 0.360 e. The third-order valence-electron chi connectivity index (χ3n) is 2.15. The molecule has 1 aromatic rings. The van der Waals surface area contributed by atoms with E-state index >= 15 is 0 Å². The highest BCUT2D eigenvalue weighted by Crippen LogP contribution is 2.16. The summed E-state index contributed by atoms with van der Waals surface area (Å²) in [5.74, 6) is 0. The van der Waals surface area contributed by atoms with E-state index in [0.29, 0.717) is 13.1 Å². The van der Waals surface area contributed by atoms with Gasteiger partial charge in [-0.2, -0.15) is 0 Å². The van der Waals surface area contributed by atoms with Crippen LogP contribution in [-0.2, 0) is 10.0 Å². The van der Waals surface area contributed by atoms with Crippen molar-refractivity contribution < 1.29 is 8.42 Å². The van der Waals surface area contributed by atoms with Crippen molar-refractivity contribution in [2.24, 2.45) is 0 Å². The van der Waals surface area contributed by atoms with E-state index in [-0.39, 0.29) is 10.0 Å². The summed E-state index contributed by atoms with van der Waals surface area (Å²) in [6, 6.07) is 8.30. The van der Waals surface area contributed by atoms with Gasteiger partial charge in [0.15, 0.2) is 5.11 Å². The average molecular weight is 242 g/mol. The predicted molar refractivity (Wildman–Crippen MR) is 60.9 cm³/mol. The van der Waals surface area contributed by atoms with E-state index in [4.69, 9.17) is 12.2 Å². The molecule has 0 aliphatic carbocycles. The van der Waals surface area contributed by atoms with Crippen LogP contribution in [0.3, 0.4) is 0 Å². The normalized spacial score (nSPS) is 16.5. The fraction of sp³-hybridized carbons (Fsp3) is 0.222. The van der Waals surface area contributed by atoms with Crippen LogP contribution < -0.4 is 5.32 Å². The van der Waals surface area contributed by atoms with E-state index in [9.17, 15) is 8.42 Å². The number of sulfonamides is 1. The van der Waals surface area contributed by atoms with Crippen molar-refractivity contribution in [3.63, 3.8) is 0 Å². The molecule has 4 nitrogen and oxygen atoms in total. The van der Waals surface area contributed by atoms with Gasteiger partial charge in [0.05, 0.1) is 11.4 Å². The predicted octanol–water partition coefficient (Wildman–Crippen LogP) is 0.565. The molecule has 1 fully saturated rings. The highest BCUT2D eigenvalue weighted by atomic mass is 32.2. The van der Waals surface area contributed by atoms with Gasteiger partial charge >= 0.3 is 0 Å². The molecule has 1 aliphatic rings. The van der Waals surface area contributed by atoms with Crippen LogP contribution in [0.25, 0.3) is 0 Å². The molecule has 0 radical (unpaired) electrons. The van der Waals surface area contributed by atoms with Crippen LogP contribution in [0.4, 0.5) is 0 Å². The van der Waals surface area contributed by atoms with Gasteiger partial charge in [0, 0.05) is 6.54 Å². The maximum absolute atomic E-state index is 12.0.